The van der Waals surface area contributed by atoms with Gasteiger partial charge in [-0.3, -0.25) is 14.4 Å². The highest BCUT2D eigenvalue weighted by Gasteiger charge is 2.21. The first-order chi connectivity index (χ1) is 22.5. The minimum Gasteiger partial charge on any atom is -0.462 e. The van der Waals surface area contributed by atoms with Crippen LogP contribution in [-0.2, 0) is 19.1 Å². The maximum Gasteiger partial charge on any atom is 0.306 e. The van der Waals surface area contributed by atoms with Crippen LogP contribution >= 0.6 is 0 Å². The van der Waals surface area contributed by atoms with Crippen molar-refractivity contribution in [1.29, 1.82) is 0 Å². The van der Waals surface area contributed by atoms with E-state index in [0.717, 1.165) is 51.4 Å². The molecule has 0 rings (SSSR count). The van der Waals surface area contributed by atoms with Crippen LogP contribution in [0.15, 0.2) is 0 Å². The topological polar surface area (TPSA) is 105 Å². The van der Waals surface area contributed by atoms with Crippen molar-refractivity contribution >= 4 is 17.8 Å². The van der Waals surface area contributed by atoms with Gasteiger partial charge in [0.05, 0.1) is 6.61 Å². The molecular formula is C39H76N2O5. The average molecular weight is 653 g/mol. The number of carbonyl (C=O) groups excluding carboxylic acids is 3. The monoisotopic (exact) mass is 653 g/mol. The van der Waals surface area contributed by atoms with Crippen LogP contribution in [0, 0.1) is 0 Å². The Hall–Kier alpha value is -1.63. The van der Waals surface area contributed by atoms with Gasteiger partial charge in [0.2, 0.25) is 11.8 Å². The molecule has 2 atom stereocenters. The Kier molecular flexibility index (Phi) is 33.5. The first-order valence-corrected chi connectivity index (χ1v) is 19.9. The molecule has 2 unspecified atom stereocenters. The summed E-state index contributed by atoms with van der Waals surface area (Å²) in [6.45, 7) is 6.58. The van der Waals surface area contributed by atoms with Crippen LogP contribution < -0.4 is 10.6 Å². The molecule has 0 aliphatic carbocycles. The molecule has 0 aromatic carbocycles. The third-order valence-corrected chi connectivity index (χ3v) is 9.02. The number of carbonyl (C=O) groups is 3. The molecule has 0 saturated heterocycles. The Morgan fingerprint density at radius 2 is 0.957 bits per heavy atom. The second-order valence-corrected chi connectivity index (χ2v) is 13.6. The fourth-order valence-electron chi connectivity index (χ4n) is 5.95. The van der Waals surface area contributed by atoms with Crippen molar-refractivity contribution in [2.24, 2.45) is 0 Å². The molecule has 0 bridgehead atoms. The normalized spacial score (nSPS) is 12.5. The third-order valence-electron chi connectivity index (χ3n) is 9.02. The Balaban J connectivity index is 4.31. The lowest BCUT2D eigenvalue weighted by Crippen LogP contribution is -2.49. The number of amides is 2. The lowest BCUT2D eigenvalue weighted by molar-refractivity contribution is -0.150. The molecule has 0 aliphatic heterocycles. The molecule has 0 radical (unpaired) electrons. The number of esters is 1. The van der Waals surface area contributed by atoms with Crippen LogP contribution in [0.25, 0.3) is 0 Å². The number of unbranched alkanes of at least 4 members (excludes halogenated alkanes) is 22. The number of nitrogens with one attached hydrogen (secondary N) is 2. The van der Waals surface area contributed by atoms with E-state index in [4.69, 9.17) is 4.74 Å². The molecule has 0 aliphatic rings. The van der Waals surface area contributed by atoms with Gasteiger partial charge in [-0.25, -0.2) is 0 Å². The van der Waals surface area contributed by atoms with Crippen LogP contribution in [-0.4, -0.2) is 48.2 Å². The summed E-state index contributed by atoms with van der Waals surface area (Å²) in [6.07, 6.45) is 31.9. The fraction of sp³-hybridized carbons (Fsp3) is 0.923. The van der Waals surface area contributed by atoms with Crippen molar-refractivity contribution in [3.05, 3.63) is 0 Å². The minimum atomic E-state index is -0.957. The van der Waals surface area contributed by atoms with Gasteiger partial charge >= 0.3 is 5.97 Å². The quantitative estimate of drug-likeness (QED) is 0.0467. The van der Waals surface area contributed by atoms with E-state index in [2.05, 4.69) is 31.4 Å². The first kappa shape index (κ1) is 44.4. The van der Waals surface area contributed by atoms with Crippen molar-refractivity contribution in [1.82, 2.24) is 10.6 Å². The number of hydrogen-bond donors (Lipinski definition) is 3. The number of ether oxygens (including phenoxy) is 1. The summed E-state index contributed by atoms with van der Waals surface area (Å²) >= 11 is 0. The highest BCUT2D eigenvalue weighted by atomic mass is 16.5. The van der Waals surface area contributed by atoms with Gasteiger partial charge < -0.3 is 20.5 Å². The third kappa shape index (κ3) is 29.8. The van der Waals surface area contributed by atoms with Crippen molar-refractivity contribution in [3.63, 3.8) is 0 Å². The smallest absolute Gasteiger partial charge is 0.306 e. The van der Waals surface area contributed by atoms with Crippen LogP contribution in [0.4, 0.5) is 0 Å². The van der Waals surface area contributed by atoms with Gasteiger partial charge in [0.1, 0.15) is 12.1 Å². The zero-order valence-corrected chi connectivity index (χ0v) is 30.7. The molecule has 0 heterocycles. The van der Waals surface area contributed by atoms with E-state index >= 15 is 0 Å². The maximum atomic E-state index is 12.7. The number of aliphatic hydroxyl groups excluding tert-OH is 1. The molecule has 0 spiro atoms. The van der Waals surface area contributed by atoms with Crippen molar-refractivity contribution in [3.8, 4) is 0 Å². The van der Waals surface area contributed by atoms with Crippen molar-refractivity contribution in [2.45, 2.75) is 219 Å². The van der Waals surface area contributed by atoms with Gasteiger partial charge in [-0.15, -0.1) is 0 Å². The largest absolute Gasteiger partial charge is 0.462 e. The maximum absolute atomic E-state index is 12.7. The molecule has 0 fully saturated rings. The number of hydrogen-bond acceptors (Lipinski definition) is 5. The second-order valence-electron chi connectivity index (χ2n) is 13.6. The SMILES string of the molecule is CCCCCCCCCCCCCC(=O)NC(CO)C(=O)NCCC(CCCCCCC)OC(=O)CCCCCCCCCCC. The highest BCUT2D eigenvalue weighted by Crippen LogP contribution is 2.16. The molecule has 0 aromatic rings. The Morgan fingerprint density at radius 1 is 0.543 bits per heavy atom. The first-order valence-electron chi connectivity index (χ1n) is 19.9. The van der Waals surface area contributed by atoms with Gasteiger partial charge in [-0.1, -0.05) is 162 Å². The van der Waals surface area contributed by atoms with E-state index in [1.807, 2.05) is 0 Å². The second kappa shape index (κ2) is 34.7. The van der Waals surface area contributed by atoms with Gasteiger partial charge in [0.15, 0.2) is 0 Å². The molecule has 46 heavy (non-hydrogen) atoms. The molecule has 2 amide bonds. The van der Waals surface area contributed by atoms with Crippen molar-refractivity contribution in [2.75, 3.05) is 13.2 Å². The lowest BCUT2D eigenvalue weighted by atomic mass is 10.1. The van der Waals surface area contributed by atoms with Gasteiger partial charge in [0, 0.05) is 25.8 Å². The zero-order valence-electron chi connectivity index (χ0n) is 30.7. The van der Waals surface area contributed by atoms with Crippen LogP contribution in [0.1, 0.15) is 207 Å². The summed E-state index contributed by atoms with van der Waals surface area (Å²) in [5.41, 5.74) is 0. The molecule has 272 valence electrons. The van der Waals surface area contributed by atoms with Crippen LogP contribution in [0.2, 0.25) is 0 Å². The zero-order chi connectivity index (χ0) is 33.9. The molecule has 0 saturated carbocycles. The summed E-state index contributed by atoms with van der Waals surface area (Å²) in [4.78, 5) is 37.7. The summed E-state index contributed by atoms with van der Waals surface area (Å²) in [5.74, 6) is -0.728. The van der Waals surface area contributed by atoms with E-state index in [-0.39, 0.29) is 18.0 Å². The number of aliphatic hydroxyl groups is 1. The predicted octanol–water partition coefficient (Wildman–Crippen LogP) is 9.86. The Labute approximate surface area is 284 Å². The van der Waals surface area contributed by atoms with E-state index < -0.39 is 18.6 Å². The van der Waals surface area contributed by atoms with Crippen molar-refractivity contribution < 1.29 is 24.2 Å². The minimum absolute atomic E-state index is 0.143. The molecule has 3 N–H and O–H groups in total. The molecule has 0 aromatic heterocycles. The molecule has 7 nitrogen and oxygen atoms in total. The predicted molar refractivity (Wildman–Crippen MR) is 193 cm³/mol. The summed E-state index contributed by atoms with van der Waals surface area (Å²) in [6, 6.07) is -0.957. The molecule has 7 heteroatoms. The average Bonchev–Trinajstić information content (AvgIpc) is 3.05. The Morgan fingerprint density at radius 3 is 1.41 bits per heavy atom. The lowest BCUT2D eigenvalue weighted by Gasteiger charge is -2.20. The van der Waals surface area contributed by atoms with Gasteiger partial charge in [0.25, 0.3) is 0 Å². The van der Waals surface area contributed by atoms with Gasteiger partial charge in [-0.2, -0.15) is 0 Å². The molecular weight excluding hydrogens is 576 g/mol. The highest BCUT2D eigenvalue weighted by molar-refractivity contribution is 5.87. The van der Waals surface area contributed by atoms with Crippen LogP contribution in [0.3, 0.4) is 0 Å². The fourth-order valence-corrected chi connectivity index (χ4v) is 5.95. The Bertz CT molecular complexity index is 702. The number of rotatable bonds is 35. The van der Waals surface area contributed by atoms with Crippen LogP contribution in [0.5, 0.6) is 0 Å². The van der Waals surface area contributed by atoms with E-state index in [0.29, 0.717) is 25.8 Å². The summed E-state index contributed by atoms with van der Waals surface area (Å²) in [5, 5.41) is 15.3. The van der Waals surface area contributed by atoms with Gasteiger partial charge in [-0.05, 0) is 25.7 Å². The van der Waals surface area contributed by atoms with E-state index in [1.54, 1.807) is 0 Å². The summed E-state index contributed by atoms with van der Waals surface area (Å²) < 4.78 is 5.86. The summed E-state index contributed by atoms with van der Waals surface area (Å²) in [7, 11) is 0. The van der Waals surface area contributed by atoms with E-state index in [1.165, 1.54) is 116 Å². The van der Waals surface area contributed by atoms with E-state index in [9.17, 15) is 19.5 Å². The standard InChI is InChI=1S/C39H76N2O5/c1-4-7-10-13-15-17-18-20-21-24-27-30-37(43)41-36(34-42)39(45)40-33-32-35(29-26-23-12-9-6-3)46-38(44)31-28-25-22-19-16-14-11-8-5-2/h35-36,42H,4-34H2,1-3H3,(H,40,45)(H,41,43).